The lowest BCUT2D eigenvalue weighted by Gasteiger charge is -2.31. The fraction of sp³-hybridized carbons (Fsp3) is 0.480. The summed E-state index contributed by atoms with van der Waals surface area (Å²) in [5, 5.41) is 3.90. The second kappa shape index (κ2) is 10.3. The van der Waals surface area contributed by atoms with Gasteiger partial charge in [0.25, 0.3) is 0 Å². The van der Waals surface area contributed by atoms with E-state index >= 15 is 0 Å². The third-order valence-electron chi connectivity index (χ3n) is 6.21. The van der Waals surface area contributed by atoms with Gasteiger partial charge in [0.1, 0.15) is 0 Å². The van der Waals surface area contributed by atoms with E-state index in [0.29, 0.717) is 41.5 Å². The van der Waals surface area contributed by atoms with Gasteiger partial charge in [-0.25, -0.2) is 12.7 Å². The number of carbonyl (C=O) groups excluding carboxylic acids is 1. The fourth-order valence-electron chi connectivity index (χ4n) is 4.01. The first kappa shape index (κ1) is 26.0. The third-order valence-corrected chi connectivity index (χ3v) is 8.62. The molecule has 0 aromatic heterocycles. The van der Waals surface area contributed by atoms with Crippen molar-refractivity contribution in [1.29, 1.82) is 0 Å². The van der Waals surface area contributed by atoms with Crippen molar-refractivity contribution in [3.05, 3.63) is 69.2 Å². The van der Waals surface area contributed by atoms with Crippen molar-refractivity contribution >= 4 is 39.1 Å². The molecule has 1 fully saturated rings. The number of sulfonamides is 1. The average Bonchev–Trinajstić information content (AvgIpc) is 2.75. The first-order chi connectivity index (χ1) is 15.4. The maximum Gasteiger partial charge on any atom is 0.223 e. The predicted molar refractivity (Wildman–Crippen MR) is 135 cm³/mol. The molecule has 0 spiro atoms. The van der Waals surface area contributed by atoms with Crippen LogP contribution in [0.15, 0.2) is 42.5 Å². The third kappa shape index (κ3) is 6.72. The largest absolute Gasteiger partial charge is 0.349 e. The lowest BCUT2D eigenvalue weighted by Crippen LogP contribution is -2.43. The van der Waals surface area contributed by atoms with Gasteiger partial charge in [-0.15, -0.1) is 0 Å². The number of nitrogens with zero attached hydrogens (tertiary/aromatic N) is 1. The summed E-state index contributed by atoms with van der Waals surface area (Å²) in [4.78, 5) is 12.8. The summed E-state index contributed by atoms with van der Waals surface area (Å²) < 4.78 is 27.2. The van der Waals surface area contributed by atoms with E-state index in [-0.39, 0.29) is 29.0 Å². The summed E-state index contributed by atoms with van der Waals surface area (Å²) in [5.41, 5.74) is 2.90. The number of amides is 1. The van der Waals surface area contributed by atoms with E-state index in [0.717, 1.165) is 5.56 Å². The number of hydrogen-bond acceptors (Lipinski definition) is 3. The van der Waals surface area contributed by atoms with Gasteiger partial charge in [-0.3, -0.25) is 4.79 Å². The monoisotopic (exact) mass is 510 g/mol. The standard InChI is InChI=1S/C25H32Cl2N2O3S/c1-17(18-5-8-21(9-6-18)25(2,3)4)28-24(30)19-11-13-29(14-12-19)33(31,32)16-20-7-10-22(26)15-23(20)27/h5-10,15,17,19H,11-14,16H2,1-4H3,(H,28,30). The first-order valence-electron chi connectivity index (χ1n) is 11.2. The fourth-order valence-corrected chi connectivity index (χ4v) is 6.16. The van der Waals surface area contributed by atoms with Crippen molar-refractivity contribution < 1.29 is 13.2 Å². The van der Waals surface area contributed by atoms with E-state index < -0.39 is 10.0 Å². The quantitative estimate of drug-likeness (QED) is 0.540. The first-order valence-corrected chi connectivity index (χ1v) is 13.6. The van der Waals surface area contributed by atoms with Crippen LogP contribution in [0.25, 0.3) is 0 Å². The summed E-state index contributed by atoms with van der Waals surface area (Å²) in [5.74, 6) is -0.409. The molecule has 1 unspecified atom stereocenters. The zero-order valence-electron chi connectivity index (χ0n) is 19.6. The van der Waals surface area contributed by atoms with Gasteiger partial charge < -0.3 is 5.32 Å². The van der Waals surface area contributed by atoms with Crippen molar-refractivity contribution in [2.75, 3.05) is 13.1 Å². The summed E-state index contributed by atoms with van der Waals surface area (Å²) in [6.45, 7) is 9.12. The number of benzene rings is 2. The van der Waals surface area contributed by atoms with Crippen LogP contribution in [0.4, 0.5) is 0 Å². The van der Waals surface area contributed by atoms with Crippen molar-refractivity contribution in [3.8, 4) is 0 Å². The van der Waals surface area contributed by atoms with Gasteiger partial charge in [-0.1, -0.05) is 74.3 Å². The maximum atomic E-state index is 12.9. The molecule has 1 atom stereocenters. The molecule has 0 radical (unpaired) electrons. The van der Waals surface area contributed by atoms with Gasteiger partial charge in [0.15, 0.2) is 0 Å². The number of nitrogens with one attached hydrogen (secondary N) is 1. The molecule has 2 aromatic rings. The lowest BCUT2D eigenvalue weighted by molar-refractivity contribution is -0.126. The Labute approximate surface area is 207 Å². The van der Waals surface area contributed by atoms with Gasteiger partial charge in [-0.2, -0.15) is 0 Å². The van der Waals surface area contributed by atoms with Crippen LogP contribution >= 0.6 is 23.2 Å². The molecule has 1 N–H and O–H groups in total. The molecule has 1 heterocycles. The smallest absolute Gasteiger partial charge is 0.223 e. The van der Waals surface area contributed by atoms with Crippen molar-refractivity contribution in [2.45, 2.75) is 57.7 Å². The second-order valence-corrected chi connectivity index (χ2v) is 12.6. The highest BCUT2D eigenvalue weighted by Gasteiger charge is 2.32. The number of hydrogen-bond donors (Lipinski definition) is 1. The minimum Gasteiger partial charge on any atom is -0.349 e. The van der Waals surface area contributed by atoms with Gasteiger partial charge in [0, 0.05) is 29.1 Å². The maximum absolute atomic E-state index is 12.9. The normalized spacial score (nSPS) is 17.0. The highest BCUT2D eigenvalue weighted by atomic mass is 35.5. The summed E-state index contributed by atoms with van der Waals surface area (Å²) in [6, 6.07) is 13.0. The van der Waals surface area contributed by atoms with Crippen molar-refractivity contribution in [1.82, 2.24) is 9.62 Å². The van der Waals surface area contributed by atoms with Gasteiger partial charge in [-0.05, 0) is 54.0 Å². The molecule has 1 saturated heterocycles. The van der Waals surface area contributed by atoms with E-state index in [9.17, 15) is 13.2 Å². The van der Waals surface area contributed by atoms with Crippen LogP contribution in [0, 0.1) is 5.92 Å². The van der Waals surface area contributed by atoms with Gasteiger partial charge in [0.05, 0.1) is 11.8 Å². The van der Waals surface area contributed by atoms with E-state index in [1.54, 1.807) is 18.2 Å². The van der Waals surface area contributed by atoms with E-state index in [1.165, 1.54) is 9.87 Å². The lowest BCUT2D eigenvalue weighted by atomic mass is 9.86. The Kier molecular flexibility index (Phi) is 8.15. The molecule has 1 aliphatic rings. The SMILES string of the molecule is CC(NC(=O)C1CCN(S(=O)(=O)Cc2ccc(Cl)cc2Cl)CC1)c1ccc(C(C)(C)C)cc1. The van der Waals surface area contributed by atoms with Crippen LogP contribution < -0.4 is 5.32 Å². The molecule has 0 aliphatic carbocycles. The van der Waals surface area contributed by atoms with Crippen LogP contribution in [0.5, 0.6) is 0 Å². The van der Waals surface area contributed by atoms with Gasteiger partial charge in [0.2, 0.25) is 15.9 Å². The number of rotatable bonds is 6. The van der Waals surface area contributed by atoms with Crippen LogP contribution in [-0.2, 0) is 26.0 Å². The molecule has 2 aromatic carbocycles. The van der Waals surface area contributed by atoms with E-state index in [1.807, 2.05) is 6.92 Å². The number of carbonyl (C=O) groups is 1. The summed E-state index contributed by atoms with van der Waals surface area (Å²) in [6.07, 6.45) is 0.990. The number of piperidine rings is 1. The van der Waals surface area contributed by atoms with Crippen molar-refractivity contribution in [2.24, 2.45) is 5.92 Å². The number of halogens is 2. The Bertz CT molecular complexity index is 1090. The molecular weight excluding hydrogens is 479 g/mol. The molecule has 0 saturated carbocycles. The van der Waals surface area contributed by atoms with Crippen LogP contribution in [0.1, 0.15) is 63.3 Å². The van der Waals surface area contributed by atoms with Crippen LogP contribution in [0.3, 0.4) is 0 Å². The Hall–Kier alpha value is -1.60. The highest BCUT2D eigenvalue weighted by Crippen LogP contribution is 2.27. The summed E-state index contributed by atoms with van der Waals surface area (Å²) in [7, 11) is -3.53. The zero-order valence-corrected chi connectivity index (χ0v) is 21.9. The minimum atomic E-state index is -3.53. The zero-order chi connectivity index (χ0) is 24.4. The Morgan fingerprint density at radius 2 is 1.70 bits per heavy atom. The minimum absolute atomic E-state index is 0.0276. The molecular formula is C25H32Cl2N2O3S. The molecule has 1 amide bonds. The molecule has 180 valence electrons. The average molecular weight is 512 g/mol. The van der Waals surface area contributed by atoms with Gasteiger partial charge >= 0.3 is 0 Å². The van der Waals surface area contributed by atoms with E-state index in [2.05, 4.69) is 50.4 Å². The summed E-state index contributed by atoms with van der Waals surface area (Å²) >= 11 is 12.0. The molecule has 1 aliphatic heterocycles. The Balaban J connectivity index is 1.55. The van der Waals surface area contributed by atoms with Crippen LogP contribution in [-0.4, -0.2) is 31.7 Å². The topological polar surface area (TPSA) is 66.5 Å². The molecule has 0 bridgehead atoms. The molecule has 33 heavy (non-hydrogen) atoms. The van der Waals surface area contributed by atoms with Crippen molar-refractivity contribution in [3.63, 3.8) is 0 Å². The molecule has 5 nitrogen and oxygen atoms in total. The predicted octanol–water partition coefficient (Wildman–Crippen LogP) is 5.71. The highest BCUT2D eigenvalue weighted by molar-refractivity contribution is 7.88. The Morgan fingerprint density at radius 3 is 2.24 bits per heavy atom. The molecule has 8 heteroatoms. The van der Waals surface area contributed by atoms with E-state index in [4.69, 9.17) is 23.2 Å². The Morgan fingerprint density at radius 1 is 1.09 bits per heavy atom. The van der Waals surface area contributed by atoms with Crippen LogP contribution in [0.2, 0.25) is 10.0 Å². The molecule has 3 rings (SSSR count). The second-order valence-electron chi connectivity index (χ2n) is 9.77.